The van der Waals surface area contributed by atoms with Gasteiger partial charge in [0.1, 0.15) is 18.1 Å². The smallest absolute Gasteiger partial charge is 0.163 e. The normalized spacial score (nSPS) is 14.2. The van der Waals surface area contributed by atoms with E-state index in [0.29, 0.717) is 29.6 Å². The molecule has 0 spiro atoms. The van der Waals surface area contributed by atoms with Gasteiger partial charge in [-0.1, -0.05) is 72.8 Å². The summed E-state index contributed by atoms with van der Waals surface area (Å²) in [5.74, 6) is 1.12. The second kappa shape index (κ2) is 14.0. The van der Waals surface area contributed by atoms with Crippen LogP contribution in [0.4, 0.5) is 0 Å². The molecule has 0 bridgehead atoms. The highest BCUT2D eigenvalue weighted by Crippen LogP contribution is 2.28. The summed E-state index contributed by atoms with van der Waals surface area (Å²) >= 11 is 0. The van der Waals surface area contributed by atoms with Crippen LogP contribution >= 0.6 is 0 Å². The van der Waals surface area contributed by atoms with E-state index in [1.54, 1.807) is 31.5 Å². The van der Waals surface area contributed by atoms with Crippen LogP contribution in [0.1, 0.15) is 39.9 Å². The van der Waals surface area contributed by atoms with Gasteiger partial charge in [-0.05, 0) is 83.5 Å². The molecule has 5 rings (SSSR count). The van der Waals surface area contributed by atoms with Crippen molar-refractivity contribution < 1.29 is 19.1 Å². The standard InChI is InChI=1S/C37H33NO4/c1-41-37-25-36(42-26-33-9-5-6-20-38-33)19-16-31(37)15-18-35(40)24-34(39)17-12-28-10-13-30-14-11-29(23-32(30)22-28)21-27-7-3-2-4-8-27/h2-20,22,25,29H,21,23-24,26H2,1H3/b17-12+,18-15+. The number of ether oxygens (including phenoxy) is 2. The largest absolute Gasteiger partial charge is 0.496 e. The quantitative estimate of drug-likeness (QED) is 0.135. The molecule has 1 aromatic heterocycles. The minimum atomic E-state index is -0.276. The maximum Gasteiger partial charge on any atom is 0.163 e. The molecule has 1 unspecified atom stereocenters. The number of hydrogen-bond donors (Lipinski definition) is 0. The van der Waals surface area contributed by atoms with Crippen LogP contribution in [-0.2, 0) is 29.0 Å². The zero-order chi connectivity index (χ0) is 29.1. The number of nitrogens with zero attached hydrogens (tertiary/aromatic N) is 1. The molecule has 0 saturated carbocycles. The maximum atomic E-state index is 12.5. The Hall–Kier alpha value is -5.03. The molecule has 3 aromatic carbocycles. The predicted octanol–water partition coefficient (Wildman–Crippen LogP) is 7.35. The van der Waals surface area contributed by atoms with Crippen LogP contribution in [0.15, 0.2) is 109 Å². The molecule has 1 aliphatic rings. The summed E-state index contributed by atoms with van der Waals surface area (Å²) in [4.78, 5) is 29.3. The third-order valence-electron chi connectivity index (χ3n) is 7.11. The predicted molar refractivity (Wildman–Crippen MR) is 167 cm³/mol. The fourth-order valence-corrected chi connectivity index (χ4v) is 4.94. The van der Waals surface area contributed by atoms with Crippen molar-refractivity contribution in [2.45, 2.75) is 25.9 Å². The third-order valence-corrected chi connectivity index (χ3v) is 7.11. The Morgan fingerprint density at radius 3 is 2.50 bits per heavy atom. The molecule has 5 nitrogen and oxygen atoms in total. The Balaban J connectivity index is 1.14. The molecule has 210 valence electrons. The molecule has 1 heterocycles. The van der Waals surface area contributed by atoms with Crippen molar-refractivity contribution in [1.82, 2.24) is 4.98 Å². The molecule has 1 atom stereocenters. The monoisotopic (exact) mass is 555 g/mol. The van der Waals surface area contributed by atoms with Crippen molar-refractivity contribution in [2.24, 2.45) is 5.92 Å². The molecule has 42 heavy (non-hydrogen) atoms. The fraction of sp³-hybridized carbons (Fsp3) is 0.162. The Morgan fingerprint density at radius 2 is 1.71 bits per heavy atom. The number of methoxy groups -OCH3 is 1. The molecule has 0 N–H and O–H groups in total. The van der Waals surface area contributed by atoms with Gasteiger partial charge in [0.2, 0.25) is 0 Å². The van der Waals surface area contributed by atoms with Gasteiger partial charge in [-0.25, -0.2) is 0 Å². The molecule has 1 aliphatic carbocycles. The third kappa shape index (κ3) is 8.01. The Bertz CT molecular complexity index is 1620. The van der Waals surface area contributed by atoms with Crippen LogP contribution in [0.3, 0.4) is 0 Å². The molecule has 0 saturated heterocycles. The van der Waals surface area contributed by atoms with Crippen LogP contribution in [0.5, 0.6) is 11.5 Å². The van der Waals surface area contributed by atoms with Crippen molar-refractivity contribution >= 4 is 29.8 Å². The number of pyridine rings is 1. The second-order valence-electron chi connectivity index (χ2n) is 10.3. The average Bonchev–Trinajstić information content (AvgIpc) is 3.02. The summed E-state index contributed by atoms with van der Waals surface area (Å²) in [6.45, 7) is 0.338. The van der Waals surface area contributed by atoms with Gasteiger partial charge in [0.25, 0.3) is 0 Å². The number of carbonyl (C=O) groups is 2. The summed E-state index contributed by atoms with van der Waals surface area (Å²) in [6.07, 6.45) is 14.3. The van der Waals surface area contributed by atoms with E-state index in [4.69, 9.17) is 9.47 Å². The van der Waals surface area contributed by atoms with Gasteiger partial charge >= 0.3 is 0 Å². The number of ketones is 2. The van der Waals surface area contributed by atoms with E-state index in [9.17, 15) is 9.59 Å². The first-order valence-electron chi connectivity index (χ1n) is 14.0. The van der Waals surface area contributed by atoms with Crippen molar-refractivity contribution in [1.29, 1.82) is 0 Å². The van der Waals surface area contributed by atoms with Crippen molar-refractivity contribution in [3.05, 3.63) is 143 Å². The van der Waals surface area contributed by atoms with E-state index in [1.165, 1.54) is 28.8 Å². The summed E-state index contributed by atoms with van der Waals surface area (Å²) in [7, 11) is 1.56. The van der Waals surface area contributed by atoms with Crippen LogP contribution < -0.4 is 9.47 Å². The highest BCUT2D eigenvalue weighted by Gasteiger charge is 2.15. The van der Waals surface area contributed by atoms with E-state index >= 15 is 0 Å². The number of allylic oxidation sites excluding steroid dienone is 3. The molecule has 5 heteroatoms. The molecule has 0 amide bonds. The average molecular weight is 556 g/mol. The lowest BCUT2D eigenvalue weighted by molar-refractivity contribution is -0.121. The summed E-state index contributed by atoms with van der Waals surface area (Å²) < 4.78 is 11.3. The van der Waals surface area contributed by atoms with Crippen molar-refractivity contribution in [3.8, 4) is 11.5 Å². The van der Waals surface area contributed by atoms with Crippen LogP contribution in [-0.4, -0.2) is 23.7 Å². The van der Waals surface area contributed by atoms with Gasteiger partial charge in [-0.2, -0.15) is 0 Å². The van der Waals surface area contributed by atoms with E-state index in [1.807, 2.05) is 42.5 Å². The van der Waals surface area contributed by atoms with Gasteiger partial charge in [-0.3, -0.25) is 14.6 Å². The zero-order valence-corrected chi connectivity index (χ0v) is 23.6. The van der Waals surface area contributed by atoms with Gasteiger partial charge in [0, 0.05) is 17.8 Å². The minimum absolute atomic E-state index is 0.201. The Kier molecular flexibility index (Phi) is 9.53. The van der Waals surface area contributed by atoms with E-state index < -0.39 is 0 Å². The van der Waals surface area contributed by atoms with Gasteiger partial charge < -0.3 is 9.47 Å². The Morgan fingerprint density at radius 1 is 0.905 bits per heavy atom. The zero-order valence-electron chi connectivity index (χ0n) is 23.6. The van der Waals surface area contributed by atoms with Gasteiger partial charge in [-0.15, -0.1) is 0 Å². The maximum absolute atomic E-state index is 12.5. The van der Waals surface area contributed by atoms with Gasteiger partial charge in [0.05, 0.1) is 19.2 Å². The number of benzene rings is 3. The van der Waals surface area contributed by atoms with E-state index in [2.05, 4.69) is 53.5 Å². The number of aromatic nitrogens is 1. The molecule has 0 aliphatic heterocycles. The lowest BCUT2D eigenvalue weighted by Crippen LogP contribution is -2.10. The molecular weight excluding hydrogens is 522 g/mol. The Labute approximate surface area is 246 Å². The van der Waals surface area contributed by atoms with Crippen molar-refractivity contribution in [2.75, 3.05) is 7.11 Å². The number of rotatable bonds is 12. The fourth-order valence-electron chi connectivity index (χ4n) is 4.94. The summed E-state index contributed by atoms with van der Waals surface area (Å²) in [6, 6.07) is 27.8. The van der Waals surface area contributed by atoms with E-state index in [0.717, 1.165) is 24.1 Å². The summed E-state index contributed by atoms with van der Waals surface area (Å²) in [5.41, 5.74) is 6.31. The first kappa shape index (κ1) is 28.5. The van der Waals surface area contributed by atoms with Crippen LogP contribution in [0.2, 0.25) is 0 Å². The number of hydrogen-bond acceptors (Lipinski definition) is 5. The lowest BCUT2D eigenvalue weighted by Gasteiger charge is -2.20. The number of fused-ring (bicyclic) bond motifs is 1. The first-order chi connectivity index (χ1) is 20.6. The lowest BCUT2D eigenvalue weighted by atomic mass is 9.85. The highest BCUT2D eigenvalue weighted by atomic mass is 16.5. The molecule has 4 aromatic rings. The second-order valence-corrected chi connectivity index (χ2v) is 10.3. The topological polar surface area (TPSA) is 65.5 Å². The van der Waals surface area contributed by atoms with Crippen molar-refractivity contribution in [3.63, 3.8) is 0 Å². The van der Waals surface area contributed by atoms with Crippen LogP contribution in [0.25, 0.3) is 18.2 Å². The molecular formula is C37H33NO4. The highest BCUT2D eigenvalue weighted by molar-refractivity contribution is 6.11. The van der Waals surface area contributed by atoms with Gasteiger partial charge in [0.15, 0.2) is 11.6 Å². The molecule has 0 fully saturated rings. The van der Waals surface area contributed by atoms with Crippen LogP contribution in [0, 0.1) is 5.92 Å². The first-order valence-corrected chi connectivity index (χ1v) is 14.0. The molecule has 0 radical (unpaired) electrons. The minimum Gasteiger partial charge on any atom is -0.496 e. The van der Waals surface area contributed by atoms with E-state index in [-0.39, 0.29) is 18.0 Å². The number of carbonyl (C=O) groups excluding carboxylic acids is 2. The SMILES string of the molecule is COc1cc(OCc2ccccn2)ccc1/C=C/C(=O)CC(=O)/C=C/c1ccc2c(c1)CC(Cc1ccccc1)C=C2. The summed E-state index contributed by atoms with van der Waals surface area (Å²) in [5, 5.41) is 0.